The Balaban J connectivity index is 2.16. The van der Waals surface area contributed by atoms with Gasteiger partial charge in [-0.15, -0.1) is 0 Å². The fraction of sp³-hybridized carbons (Fsp3) is 0.231. The summed E-state index contributed by atoms with van der Waals surface area (Å²) in [6.07, 6.45) is 5.19. The Morgan fingerprint density at radius 3 is 2.76 bits per heavy atom. The van der Waals surface area contributed by atoms with Gasteiger partial charge in [0.15, 0.2) is 0 Å². The first kappa shape index (κ1) is 12.3. The van der Waals surface area contributed by atoms with E-state index in [1.54, 1.807) is 18.6 Å². The van der Waals surface area contributed by atoms with Crippen molar-refractivity contribution in [2.75, 3.05) is 5.32 Å². The molecule has 3 nitrogen and oxygen atoms in total. The third-order valence-corrected chi connectivity index (χ3v) is 3.26. The van der Waals surface area contributed by atoms with Gasteiger partial charge in [-0.2, -0.15) is 0 Å². The minimum Gasteiger partial charge on any atom is -0.377 e. The number of aromatic nitrogens is 2. The zero-order valence-corrected chi connectivity index (χ0v) is 12.0. The van der Waals surface area contributed by atoms with Gasteiger partial charge in [0.2, 0.25) is 0 Å². The van der Waals surface area contributed by atoms with Crippen molar-refractivity contribution in [3.05, 3.63) is 51.6 Å². The average molecular weight is 339 g/mol. The number of benzene rings is 1. The molecule has 0 aliphatic carbocycles. The smallest absolute Gasteiger partial charge is 0.0806 e. The molecule has 0 fully saturated rings. The summed E-state index contributed by atoms with van der Waals surface area (Å²) in [6.45, 7) is 4.19. The molecule has 17 heavy (non-hydrogen) atoms. The van der Waals surface area contributed by atoms with Crippen LogP contribution in [-0.4, -0.2) is 9.97 Å². The maximum atomic E-state index is 4.30. The number of rotatable bonds is 3. The molecule has 2 aromatic rings. The highest BCUT2D eigenvalue weighted by Gasteiger charge is 2.07. The summed E-state index contributed by atoms with van der Waals surface area (Å²) < 4.78 is 1.25. The van der Waals surface area contributed by atoms with Gasteiger partial charge < -0.3 is 5.32 Å². The lowest BCUT2D eigenvalue weighted by atomic mass is 10.1. The minimum absolute atomic E-state index is 0.155. The third-order valence-electron chi connectivity index (χ3n) is 2.59. The van der Waals surface area contributed by atoms with Crippen LogP contribution in [0.25, 0.3) is 0 Å². The van der Waals surface area contributed by atoms with Crippen molar-refractivity contribution in [3.8, 4) is 0 Å². The largest absolute Gasteiger partial charge is 0.377 e. The van der Waals surface area contributed by atoms with Crippen LogP contribution in [0.4, 0.5) is 5.69 Å². The molecule has 0 bridgehead atoms. The molecule has 1 unspecified atom stereocenters. The third kappa shape index (κ3) is 3.15. The van der Waals surface area contributed by atoms with Crippen LogP contribution in [-0.2, 0) is 0 Å². The zero-order chi connectivity index (χ0) is 12.3. The summed E-state index contributed by atoms with van der Waals surface area (Å²) in [5, 5.41) is 3.45. The standard InChI is InChI=1S/C13H14IN3/c1-9-7-11(14)3-4-12(9)17-10(2)13-8-15-5-6-16-13/h3-8,10,17H,1-2H3. The molecule has 1 aromatic carbocycles. The monoisotopic (exact) mass is 339 g/mol. The first-order chi connectivity index (χ1) is 8.16. The molecule has 0 spiro atoms. The van der Waals surface area contributed by atoms with Gasteiger partial charge in [0.25, 0.3) is 0 Å². The lowest BCUT2D eigenvalue weighted by molar-refractivity contribution is 0.826. The Bertz CT molecular complexity index is 499. The predicted molar refractivity (Wildman–Crippen MR) is 78.0 cm³/mol. The second kappa shape index (κ2) is 5.44. The van der Waals surface area contributed by atoms with Gasteiger partial charge in [0.05, 0.1) is 17.9 Å². The molecule has 0 aliphatic heterocycles. The highest BCUT2D eigenvalue weighted by atomic mass is 127. The number of nitrogens with zero attached hydrogens (tertiary/aromatic N) is 2. The quantitative estimate of drug-likeness (QED) is 0.869. The lowest BCUT2D eigenvalue weighted by Crippen LogP contribution is -2.09. The first-order valence-electron chi connectivity index (χ1n) is 5.45. The van der Waals surface area contributed by atoms with E-state index in [2.05, 4.69) is 69.9 Å². The Morgan fingerprint density at radius 2 is 2.12 bits per heavy atom. The van der Waals surface area contributed by atoms with E-state index in [-0.39, 0.29) is 6.04 Å². The number of aryl methyl sites for hydroxylation is 1. The van der Waals surface area contributed by atoms with Gasteiger partial charge in [-0.05, 0) is 60.2 Å². The number of anilines is 1. The van der Waals surface area contributed by atoms with E-state index >= 15 is 0 Å². The molecule has 1 aromatic heterocycles. The van der Waals surface area contributed by atoms with Gasteiger partial charge in [-0.3, -0.25) is 9.97 Å². The molecule has 0 radical (unpaired) electrons. The highest BCUT2D eigenvalue weighted by Crippen LogP contribution is 2.22. The Labute approximate surface area is 115 Å². The maximum Gasteiger partial charge on any atom is 0.0806 e. The van der Waals surface area contributed by atoms with Crippen molar-refractivity contribution < 1.29 is 0 Å². The molecule has 0 saturated heterocycles. The van der Waals surface area contributed by atoms with Crippen molar-refractivity contribution in [1.29, 1.82) is 0 Å². The fourth-order valence-electron chi connectivity index (χ4n) is 1.63. The van der Waals surface area contributed by atoms with Crippen LogP contribution < -0.4 is 5.32 Å². The first-order valence-corrected chi connectivity index (χ1v) is 6.53. The Kier molecular flexibility index (Phi) is 3.93. The van der Waals surface area contributed by atoms with Crippen LogP contribution in [0.15, 0.2) is 36.8 Å². The molecule has 0 saturated carbocycles. The van der Waals surface area contributed by atoms with Gasteiger partial charge in [-0.1, -0.05) is 0 Å². The SMILES string of the molecule is Cc1cc(I)ccc1NC(C)c1cnccn1. The van der Waals surface area contributed by atoms with E-state index in [9.17, 15) is 0 Å². The maximum absolute atomic E-state index is 4.30. The summed E-state index contributed by atoms with van der Waals surface area (Å²) in [6, 6.07) is 6.51. The predicted octanol–water partition coefficient (Wildman–Crippen LogP) is 3.56. The molecule has 1 heterocycles. The second-order valence-electron chi connectivity index (χ2n) is 3.96. The zero-order valence-electron chi connectivity index (χ0n) is 9.81. The lowest BCUT2D eigenvalue weighted by Gasteiger charge is -2.16. The van der Waals surface area contributed by atoms with Crippen molar-refractivity contribution in [1.82, 2.24) is 9.97 Å². The Hall–Kier alpha value is -1.17. The minimum atomic E-state index is 0.155. The molecule has 4 heteroatoms. The fourth-order valence-corrected chi connectivity index (χ4v) is 2.28. The van der Waals surface area contributed by atoms with Crippen LogP contribution in [0.5, 0.6) is 0 Å². The van der Waals surface area contributed by atoms with Crippen LogP contribution in [0, 0.1) is 10.5 Å². The van der Waals surface area contributed by atoms with E-state index in [1.165, 1.54) is 9.13 Å². The Morgan fingerprint density at radius 1 is 1.29 bits per heavy atom. The van der Waals surface area contributed by atoms with Crippen molar-refractivity contribution in [2.45, 2.75) is 19.9 Å². The summed E-state index contributed by atoms with van der Waals surface area (Å²) >= 11 is 2.32. The summed E-state index contributed by atoms with van der Waals surface area (Å²) in [5.41, 5.74) is 3.33. The molecule has 0 amide bonds. The van der Waals surface area contributed by atoms with Crippen LogP contribution in [0.2, 0.25) is 0 Å². The number of hydrogen-bond acceptors (Lipinski definition) is 3. The van der Waals surface area contributed by atoms with Gasteiger partial charge >= 0.3 is 0 Å². The number of nitrogens with one attached hydrogen (secondary N) is 1. The van der Waals surface area contributed by atoms with E-state index in [4.69, 9.17) is 0 Å². The van der Waals surface area contributed by atoms with Crippen molar-refractivity contribution in [2.24, 2.45) is 0 Å². The average Bonchev–Trinajstić information content (AvgIpc) is 2.34. The molecular weight excluding hydrogens is 325 g/mol. The summed E-state index contributed by atoms with van der Waals surface area (Å²) in [7, 11) is 0. The van der Waals surface area contributed by atoms with E-state index in [1.807, 2.05) is 0 Å². The van der Waals surface area contributed by atoms with Gasteiger partial charge in [0.1, 0.15) is 0 Å². The van der Waals surface area contributed by atoms with Crippen LogP contribution in [0.3, 0.4) is 0 Å². The molecule has 88 valence electrons. The topological polar surface area (TPSA) is 37.8 Å². The number of hydrogen-bond donors (Lipinski definition) is 1. The van der Waals surface area contributed by atoms with Crippen molar-refractivity contribution in [3.63, 3.8) is 0 Å². The van der Waals surface area contributed by atoms with E-state index < -0.39 is 0 Å². The molecule has 1 N–H and O–H groups in total. The van der Waals surface area contributed by atoms with Gasteiger partial charge in [0, 0.05) is 21.7 Å². The van der Waals surface area contributed by atoms with E-state index in [0.29, 0.717) is 0 Å². The normalized spacial score (nSPS) is 12.2. The molecule has 2 rings (SSSR count). The summed E-state index contributed by atoms with van der Waals surface area (Å²) in [5.74, 6) is 0. The van der Waals surface area contributed by atoms with Crippen LogP contribution >= 0.6 is 22.6 Å². The van der Waals surface area contributed by atoms with Gasteiger partial charge in [-0.25, -0.2) is 0 Å². The van der Waals surface area contributed by atoms with Crippen molar-refractivity contribution >= 4 is 28.3 Å². The highest BCUT2D eigenvalue weighted by molar-refractivity contribution is 14.1. The molecule has 0 aliphatic rings. The molecular formula is C13H14IN3. The van der Waals surface area contributed by atoms with E-state index in [0.717, 1.165) is 11.4 Å². The number of halogens is 1. The summed E-state index contributed by atoms with van der Waals surface area (Å²) in [4.78, 5) is 8.38. The van der Waals surface area contributed by atoms with Crippen LogP contribution in [0.1, 0.15) is 24.2 Å². The molecule has 1 atom stereocenters. The second-order valence-corrected chi connectivity index (χ2v) is 5.20.